The largest absolute Gasteiger partial charge is 0.378 e. The van der Waals surface area contributed by atoms with Crippen molar-refractivity contribution < 1.29 is 4.74 Å². The first kappa shape index (κ1) is 10.4. The number of allylic oxidation sites excluding steroid dienone is 1. The Bertz CT molecular complexity index is 231. The average Bonchev–Trinajstić information content (AvgIpc) is 2.18. The van der Waals surface area contributed by atoms with Crippen molar-refractivity contribution in [2.75, 3.05) is 32.1 Å². The molecule has 0 aromatic heterocycles. The molecule has 2 rings (SSSR count). The van der Waals surface area contributed by atoms with E-state index in [9.17, 15) is 0 Å². The molecule has 2 nitrogen and oxygen atoms in total. The van der Waals surface area contributed by atoms with E-state index in [0.717, 1.165) is 26.3 Å². The molecule has 0 bridgehead atoms. The van der Waals surface area contributed by atoms with E-state index >= 15 is 0 Å². The zero-order chi connectivity index (χ0) is 10.0. The predicted molar refractivity (Wildman–Crippen MR) is 61.6 cm³/mol. The maximum Gasteiger partial charge on any atom is 0.0642 e. The summed E-state index contributed by atoms with van der Waals surface area (Å²) >= 11 is 2.05. The monoisotopic (exact) mass is 213 g/mol. The van der Waals surface area contributed by atoms with Gasteiger partial charge in [-0.05, 0) is 0 Å². The minimum Gasteiger partial charge on any atom is -0.378 e. The fraction of sp³-hybridized carbons (Fsp3) is 0.818. The molecule has 0 atom stereocenters. The quantitative estimate of drug-likeness (QED) is 0.662. The van der Waals surface area contributed by atoms with Gasteiger partial charge in [0, 0.05) is 35.7 Å². The molecule has 0 N–H and O–H groups in total. The Hall–Kier alpha value is -0.150. The third kappa shape index (κ3) is 2.45. The number of thioether (sulfide) groups is 1. The fourth-order valence-electron chi connectivity index (χ4n) is 2.01. The molecule has 0 amide bonds. The first-order valence-corrected chi connectivity index (χ1v) is 6.32. The van der Waals surface area contributed by atoms with Crippen molar-refractivity contribution >= 4 is 11.8 Å². The Morgan fingerprint density at radius 3 is 2.71 bits per heavy atom. The van der Waals surface area contributed by atoms with Gasteiger partial charge in [0.05, 0.1) is 13.2 Å². The fourth-order valence-corrected chi connectivity index (χ4v) is 2.99. The Morgan fingerprint density at radius 2 is 2.07 bits per heavy atom. The highest BCUT2D eigenvalue weighted by Gasteiger charge is 2.26. The van der Waals surface area contributed by atoms with E-state index in [-0.39, 0.29) is 0 Å². The van der Waals surface area contributed by atoms with Crippen molar-refractivity contribution in [3.8, 4) is 0 Å². The van der Waals surface area contributed by atoms with Crippen LogP contribution in [0.25, 0.3) is 0 Å². The molecule has 0 aromatic carbocycles. The molecule has 2 aliphatic rings. The van der Waals surface area contributed by atoms with E-state index in [1.54, 1.807) is 0 Å². The summed E-state index contributed by atoms with van der Waals surface area (Å²) in [4.78, 5) is 2.49. The van der Waals surface area contributed by atoms with E-state index < -0.39 is 0 Å². The van der Waals surface area contributed by atoms with Gasteiger partial charge in [-0.2, -0.15) is 11.8 Å². The molecule has 0 unspecified atom stereocenters. The van der Waals surface area contributed by atoms with Gasteiger partial charge in [-0.1, -0.05) is 19.9 Å². The van der Waals surface area contributed by atoms with Gasteiger partial charge in [-0.3, -0.25) is 0 Å². The van der Waals surface area contributed by atoms with Crippen LogP contribution in [0.3, 0.4) is 0 Å². The topological polar surface area (TPSA) is 12.5 Å². The lowest BCUT2D eigenvalue weighted by molar-refractivity contribution is 0.0514. The molecule has 14 heavy (non-hydrogen) atoms. The van der Waals surface area contributed by atoms with Gasteiger partial charge in [0.2, 0.25) is 0 Å². The Balaban J connectivity index is 1.99. The molecule has 0 radical (unpaired) electrons. The van der Waals surface area contributed by atoms with Gasteiger partial charge in [0.25, 0.3) is 0 Å². The van der Waals surface area contributed by atoms with Gasteiger partial charge in [0.1, 0.15) is 0 Å². The van der Waals surface area contributed by atoms with Gasteiger partial charge in [-0.25, -0.2) is 0 Å². The zero-order valence-electron chi connectivity index (χ0n) is 9.08. The molecule has 0 spiro atoms. The summed E-state index contributed by atoms with van der Waals surface area (Å²) in [5.41, 5.74) is 1.54. The minimum absolute atomic E-state index is 0.419. The van der Waals surface area contributed by atoms with Gasteiger partial charge in [-0.15, -0.1) is 0 Å². The number of ether oxygens (including phenoxy) is 1. The Labute approximate surface area is 90.7 Å². The molecular formula is C11H19NOS. The number of hydrogen-bond donors (Lipinski definition) is 0. The van der Waals surface area contributed by atoms with Crippen LogP contribution in [0, 0.1) is 0 Å². The van der Waals surface area contributed by atoms with Crippen LogP contribution in [-0.4, -0.2) is 41.7 Å². The van der Waals surface area contributed by atoms with E-state index in [1.165, 1.54) is 17.9 Å². The molecular weight excluding hydrogens is 194 g/mol. The van der Waals surface area contributed by atoms with Crippen LogP contribution in [0.1, 0.15) is 20.3 Å². The van der Waals surface area contributed by atoms with Crippen LogP contribution in [0.5, 0.6) is 0 Å². The van der Waals surface area contributed by atoms with Crippen LogP contribution in [0.2, 0.25) is 0 Å². The molecule has 0 saturated carbocycles. The molecule has 2 aliphatic heterocycles. The molecule has 3 heteroatoms. The average molecular weight is 213 g/mol. The van der Waals surface area contributed by atoms with E-state index in [2.05, 4.69) is 36.6 Å². The maximum absolute atomic E-state index is 5.37. The molecule has 0 aliphatic carbocycles. The first-order valence-electron chi connectivity index (χ1n) is 5.33. The Morgan fingerprint density at radius 1 is 1.36 bits per heavy atom. The second-order valence-electron chi connectivity index (χ2n) is 4.54. The second-order valence-corrected chi connectivity index (χ2v) is 6.27. The third-order valence-corrected chi connectivity index (χ3v) is 4.08. The number of nitrogens with zero attached hydrogens (tertiary/aromatic N) is 1. The highest BCUT2D eigenvalue weighted by atomic mass is 32.2. The van der Waals surface area contributed by atoms with Crippen LogP contribution in [0.4, 0.5) is 0 Å². The highest BCUT2D eigenvalue weighted by molar-refractivity contribution is 8.00. The van der Waals surface area contributed by atoms with E-state index in [1.807, 2.05) is 0 Å². The van der Waals surface area contributed by atoms with Crippen molar-refractivity contribution in [3.05, 3.63) is 11.8 Å². The summed E-state index contributed by atoms with van der Waals surface area (Å²) < 4.78 is 5.79. The third-order valence-electron chi connectivity index (χ3n) is 2.82. The highest BCUT2D eigenvalue weighted by Crippen LogP contribution is 2.36. The molecule has 1 fully saturated rings. The van der Waals surface area contributed by atoms with Crippen molar-refractivity contribution in [3.63, 3.8) is 0 Å². The lowest BCUT2D eigenvalue weighted by Crippen LogP contribution is -2.38. The SMILES string of the molecule is CC1(C)CC(N2CCOCC2)=CCS1. The van der Waals surface area contributed by atoms with Crippen LogP contribution >= 0.6 is 11.8 Å². The first-order chi connectivity index (χ1) is 6.67. The number of rotatable bonds is 1. The van der Waals surface area contributed by atoms with Crippen LogP contribution in [-0.2, 0) is 4.74 Å². The van der Waals surface area contributed by atoms with Crippen LogP contribution < -0.4 is 0 Å². The lowest BCUT2D eigenvalue weighted by Gasteiger charge is -2.37. The second kappa shape index (κ2) is 4.15. The summed E-state index contributed by atoms with van der Waals surface area (Å²) in [5, 5.41) is 0. The maximum atomic E-state index is 5.37. The normalized spacial score (nSPS) is 27.3. The molecule has 0 aromatic rings. The lowest BCUT2D eigenvalue weighted by atomic mass is 10.0. The zero-order valence-corrected chi connectivity index (χ0v) is 9.90. The minimum atomic E-state index is 0.419. The molecule has 1 saturated heterocycles. The molecule has 2 heterocycles. The van der Waals surface area contributed by atoms with Crippen molar-refractivity contribution in [2.45, 2.75) is 25.0 Å². The van der Waals surface area contributed by atoms with Crippen molar-refractivity contribution in [1.82, 2.24) is 4.90 Å². The standard InChI is InChI=1S/C11H19NOS/c1-11(2)9-10(3-8-14-11)12-4-6-13-7-5-12/h3H,4-9H2,1-2H3. The van der Waals surface area contributed by atoms with Crippen molar-refractivity contribution in [2.24, 2.45) is 0 Å². The van der Waals surface area contributed by atoms with E-state index in [4.69, 9.17) is 4.74 Å². The predicted octanol–water partition coefficient (Wildman–Crippen LogP) is 2.12. The van der Waals surface area contributed by atoms with Crippen molar-refractivity contribution in [1.29, 1.82) is 0 Å². The van der Waals surface area contributed by atoms with Crippen LogP contribution in [0.15, 0.2) is 11.8 Å². The smallest absolute Gasteiger partial charge is 0.0642 e. The summed E-state index contributed by atoms with van der Waals surface area (Å²) in [6, 6.07) is 0. The molecule has 80 valence electrons. The Kier molecular flexibility index (Phi) is 3.07. The van der Waals surface area contributed by atoms with E-state index in [0.29, 0.717) is 4.75 Å². The van der Waals surface area contributed by atoms with Gasteiger partial charge in [0.15, 0.2) is 0 Å². The summed E-state index contributed by atoms with van der Waals surface area (Å²) in [6.07, 6.45) is 3.60. The number of morpholine rings is 1. The summed E-state index contributed by atoms with van der Waals surface area (Å²) in [6.45, 7) is 8.62. The van der Waals surface area contributed by atoms with Gasteiger partial charge >= 0.3 is 0 Å². The summed E-state index contributed by atoms with van der Waals surface area (Å²) in [7, 11) is 0. The van der Waals surface area contributed by atoms with Gasteiger partial charge < -0.3 is 9.64 Å². The number of hydrogen-bond acceptors (Lipinski definition) is 3. The summed E-state index contributed by atoms with van der Waals surface area (Å²) in [5.74, 6) is 1.17.